The summed E-state index contributed by atoms with van der Waals surface area (Å²) in [7, 11) is 3.35. The van der Waals surface area contributed by atoms with Crippen molar-refractivity contribution in [3.8, 4) is 5.75 Å². The third kappa shape index (κ3) is 2.89. The standard InChI is InChI=1S/C20H20N2O3/c1-12-7-5-9-16(13(12)2)21-20(24)15-11-22(3)18-14(19(15)23)8-6-10-17(18)25-4/h5-11H,1-4H3,(H,21,24). The van der Waals surface area contributed by atoms with Crippen molar-refractivity contribution in [3.63, 3.8) is 0 Å². The summed E-state index contributed by atoms with van der Waals surface area (Å²) in [5.74, 6) is 0.178. The second-order valence-corrected chi connectivity index (χ2v) is 6.04. The number of hydrogen-bond donors (Lipinski definition) is 1. The first-order valence-electron chi connectivity index (χ1n) is 7.98. The van der Waals surface area contributed by atoms with Gasteiger partial charge in [0.15, 0.2) is 0 Å². The lowest BCUT2D eigenvalue weighted by Crippen LogP contribution is -2.24. The minimum absolute atomic E-state index is 0.101. The molecule has 5 nitrogen and oxygen atoms in total. The number of benzene rings is 2. The van der Waals surface area contributed by atoms with E-state index >= 15 is 0 Å². The number of nitrogens with one attached hydrogen (secondary N) is 1. The zero-order chi connectivity index (χ0) is 18.1. The maximum Gasteiger partial charge on any atom is 0.261 e. The summed E-state index contributed by atoms with van der Waals surface area (Å²) < 4.78 is 7.07. The number of carbonyl (C=O) groups is 1. The Morgan fingerprint density at radius 1 is 1.12 bits per heavy atom. The van der Waals surface area contributed by atoms with Crippen LogP contribution in [0.4, 0.5) is 5.69 Å². The second-order valence-electron chi connectivity index (χ2n) is 6.04. The van der Waals surface area contributed by atoms with Gasteiger partial charge in [-0.15, -0.1) is 0 Å². The van der Waals surface area contributed by atoms with E-state index in [9.17, 15) is 9.59 Å². The Bertz CT molecular complexity index is 1040. The number of carbonyl (C=O) groups excluding carboxylic acids is 1. The number of pyridine rings is 1. The highest BCUT2D eigenvalue weighted by molar-refractivity contribution is 6.06. The number of anilines is 1. The van der Waals surface area contributed by atoms with Crippen molar-refractivity contribution in [2.24, 2.45) is 7.05 Å². The number of para-hydroxylation sites is 1. The summed E-state index contributed by atoms with van der Waals surface area (Å²) >= 11 is 0. The zero-order valence-electron chi connectivity index (χ0n) is 14.7. The third-order valence-corrected chi connectivity index (χ3v) is 4.48. The van der Waals surface area contributed by atoms with Gasteiger partial charge in [-0.1, -0.05) is 18.2 Å². The number of fused-ring (bicyclic) bond motifs is 1. The van der Waals surface area contributed by atoms with Crippen LogP contribution in [0, 0.1) is 13.8 Å². The van der Waals surface area contributed by atoms with E-state index < -0.39 is 5.91 Å². The Labute approximate surface area is 145 Å². The topological polar surface area (TPSA) is 60.3 Å². The minimum Gasteiger partial charge on any atom is -0.495 e. The molecule has 1 aromatic heterocycles. The van der Waals surface area contributed by atoms with Crippen molar-refractivity contribution in [2.45, 2.75) is 13.8 Å². The quantitative estimate of drug-likeness (QED) is 0.797. The first-order valence-corrected chi connectivity index (χ1v) is 7.98. The normalized spacial score (nSPS) is 10.7. The van der Waals surface area contributed by atoms with Gasteiger partial charge >= 0.3 is 0 Å². The Balaban J connectivity index is 2.10. The maximum absolute atomic E-state index is 12.8. The van der Waals surface area contributed by atoms with Crippen LogP contribution in [0.2, 0.25) is 0 Å². The molecule has 2 aromatic carbocycles. The van der Waals surface area contributed by atoms with Gasteiger partial charge < -0.3 is 14.6 Å². The predicted molar refractivity (Wildman–Crippen MR) is 99.6 cm³/mol. The van der Waals surface area contributed by atoms with Crippen LogP contribution < -0.4 is 15.5 Å². The molecule has 0 saturated heterocycles. The third-order valence-electron chi connectivity index (χ3n) is 4.48. The summed E-state index contributed by atoms with van der Waals surface area (Å²) in [5.41, 5.74) is 3.22. The monoisotopic (exact) mass is 336 g/mol. The molecule has 3 rings (SSSR count). The van der Waals surface area contributed by atoms with Crippen LogP contribution in [-0.2, 0) is 7.05 Å². The Hall–Kier alpha value is -3.08. The van der Waals surface area contributed by atoms with Crippen LogP contribution in [0.1, 0.15) is 21.5 Å². The highest BCUT2D eigenvalue weighted by Gasteiger charge is 2.17. The summed E-state index contributed by atoms with van der Waals surface area (Å²) in [6.45, 7) is 3.92. The summed E-state index contributed by atoms with van der Waals surface area (Å²) in [4.78, 5) is 25.5. The molecule has 1 heterocycles. The number of aryl methyl sites for hydroxylation is 2. The molecule has 0 fully saturated rings. The number of aromatic nitrogens is 1. The van der Waals surface area contributed by atoms with Gasteiger partial charge in [-0.05, 0) is 43.2 Å². The smallest absolute Gasteiger partial charge is 0.261 e. The van der Waals surface area contributed by atoms with E-state index in [0.717, 1.165) is 11.1 Å². The van der Waals surface area contributed by atoms with Crippen LogP contribution in [-0.4, -0.2) is 17.6 Å². The van der Waals surface area contributed by atoms with Crippen molar-refractivity contribution < 1.29 is 9.53 Å². The molecule has 0 spiro atoms. The SMILES string of the molecule is COc1cccc2c(=O)c(C(=O)Nc3cccc(C)c3C)cn(C)c12. The van der Waals surface area contributed by atoms with Gasteiger partial charge in [-0.2, -0.15) is 0 Å². The van der Waals surface area contributed by atoms with Gasteiger partial charge in [0.25, 0.3) is 5.91 Å². The fraction of sp³-hybridized carbons (Fsp3) is 0.200. The van der Waals surface area contributed by atoms with E-state index in [2.05, 4.69) is 5.32 Å². The van der Waals surface area contributed by atoms with Crippen molar-refractivity contribution in [1.82, 2.24) is 4.57 Å². The number of hydrogen-bond acceptors (Lipinski definition) is 3. The van der Waals surface area contributed by atoms with Gasteiger partial charge in [-0.3, -0.25) is 9.59 Å². The molecule has 128 valence electrons. The first-order chi connectivity index (χ1) is 11.9. The number of rotatable bonds is 3. The van der Waals surface area contributed by atoms with Gasteiger partial charge in [0.05, 0.1) is 18.0 Å². The van der Waals surface area contributed by atoms with Crippen molar-refractivity contribution in [2.75, 3.05) is 12.4 Å². The Kier molecular flexibility index (Phi) is 4.31. The van der Waals surface area contributed by atoms with Crippen molar-refractivity contribution >= 4 is 22.5 Å². The van der Waals surface area contributed by atoms with Gasteiger partial charge in [0.2, 0.25) is 5.43 Å². The molecule has 0 aliphatic carbocycles. The zero-order valence-corrected chi connectivity index (χ0v) is 14.7. The molecule has 0 aliphatic heterocycles. The second kappa shape index (κ2) is 6.43. The van der Waals surface area contributed by atoms with Crippen LogP contribution >= 0.6 is 0 Å². The number of amides is 1. The molecule has 0 unspecified atom stereocenters. The lowest BCUT2D eigenvalue weighted by molar-refractivity contribution is 0.102. The fourth-order valence-corrected chi connectivity index (χ4v) is 2.93. The molecular formula is C20H20N2O3. The summed E-state index contributed by atoms with van der Waals surface area (Å²) in [6.07, 6.45) is 1.55. The molecule has 5 heteroatoms. The van der Waals surface area contributed by atoms with Crippen LogP contribution in [0.3, 0.4) is 0 Å². The number of nitrogens with zero attached hydrogens (tertiary/aromatic N) is 1. The van der Waals surface area contributed by atoms with E-state index in [0.29, 0.717) is 22.3 Å². The lowest BCUT2D eigenvalue weighted by atomic mass is 10.1. The Morgan fingerprint density at radius 3 is 2.56 bits per heavy atom. The van der Waals surface area contributed by atoms with Gasteiger partial charge in [-0.25, -0.2) is 0 Å². The summed E-state index contributed by atoms with van der Waals surface area (Å²) in [5, 5.41) is 3.30. The molecule has 0 saturated carbocycles. The molecule has 1 amide bonds. The highest BCUT2D eigenvalue weighted by Crippen LogP contribution is 2.23. The highest BCUT2D eigenvalue weighted by atomic mass is 16.5. The van der Waals surface area contributed by atoms with E-state index in [1.165, 1.54) is 0 Å². The molecule has 0 aliphatic rings. The largest absolute Gasteiger partial charge is 0.495 e. The molecule has 0 radical (unpaired) electrons. The number of methoxy groups -OCH3 is 1. The first kappa shape index (κ1) is 16.8. The molecule has 1 N–H and O–H groups in total. The van der Waals surface area contributed by atoms with Crippen molar-refractivity contribution in [3.05, 3.63) is 69.5 Å². The molecule has 25 heavy (non-hydrogen) atoms. The lowest BCUT2D eigenvalue weighted by Gasteiger charge is -2.13. The van der Waals surface area contributed by atoms with Crippen LogP contribution in [0.5, 0.6) is 5.75 Å². The van der Waals surface area contributed by atoms with Crippen molar-refractivity contribution in [1.29, 1.82) is 0 Å². The van der Waals surface area contributed by atoms with Crippen LogP contribution in [0.15, 0.2) is 47.4 Å². The average Bonchev–Trinajstić information content (AvgIpc) is 2.61. The number of ether oxygens (including phenoxy) is 1. The minimum atomic E-state index is -0.418. The van der Waals surface area contributed by atoms with E-state index in [4.69, 9.17) is 4.74 Å². The van der Waals surface area contributed by atoms with E-state index in [1.54, 1.807) is 43.1 Å². The summed E-state index contributed by atoms with van der Waals surface area (Å²) in [6, 6.07) is 10.9. The Morgan fingerprint density at radius 2 is 1.84 bits per heavy atom. The molecule has 0 bridgehead atoms. The van der Waals surface area contributed by atoms with Gasteiger partial charge in [0, 0.05) is 18.9 Å². The predicted octanol–water partition coefficient (Wildman–Crippen LogP) is 3.42. The molecular weight excluding hydrogens is 316 g/mol. The van der Waals surface area contributed by atoms with E-state index in [-0.39, 0.29) is 11.0 Å². The average molecular weight is 336 g/mol. The fourth-order valence-electron chi connectivity index (χ4n) is 2.93. The molecule has 3 aromatic rings. The van der Waals surface area contributed by atoms with E-state index in [1.807, 2.05) is 32.0 Å². The van der Waals surface area contributed by atoms with Gasteiger partial charge in [0.1, 0.15) is 11.3 Å². The van der Waals surface area contributed by atoms with Crippen LogP contribution in [0.25, 0.3) is 10.9 Å². The molecule has 0 atom stereocenters. The maximum atomic E-state index is 12.8.